The predicted octanol–water partition coefficient (Wildman–Crippen LogP) is 1.78. The van der Waals surface area contributed by atoms with Crippen molar-refractivity contribution in [2.75, 3.05) is 5.75 Å². The molecule has 0 aromatic carbocycles. The highest BCUT2D eigenvalue weighted by molar-refractivity contribution is 7.86. The van der Waals surface area contributed by atoms with Crippen LogP contribution in [0.3, 0.4) is 0 Å². The molecule has 4 aliphatic carbocycles. The zero-order chi connectivity index (χ0) is 20.1. The Morgan fingerprint density at radius 3 is 2.64 bits per heavy atom. The van der Waals surface area contributed by atoms with Crippen LogP contribution < -0.4 is 0 Å². The summed E-state index contributed by atoms with van der Waals surface area (Å²) in [4.78, 5) is 25.6. The molecule has 6 unspecified atom stereocenters. The van der Waals surface area contributed by atoms with Crippen molar-refractivity contribution in [1.29, 1.82) is 0 Å². The molecule has 2 saturated carbocycles. The summed E-state index contributed by atoms with van der Waals surface area (Å²) >= 11 is 0. The molecule has 0 radical (unpaired) electrons. The number of imide groups is 1. The van der Waals surface area contributed by atoms with E-state index in [4.69, 9.17) is 4.28 Å². The van der Waals surface area contributed by atoms with Gasteiger partial charge in [0.05, 0.1) is 23.7 Å². The Bertz CT molecular complexity index is 892. The molecule has 5 aliphatic rings. The van der Waals surface area contributed by atoms with Crippen LogP contribution in [-0.2, 0) is 24.0 Å². The van der Waals surface area contributed by atoms with E-state index in [-0.39, 0.29) is 23.0 Å². The number of carbonyl (C=O) groups excluding carboxylic acids is 2. The van der Waals surface area contributed by atoms with Crippen LogP contribution in [0.15, 0.2) is 11.6 Å². The molecule has 7 nitrogen and oxygen atoms in total. The van der Waals surface area contributed by atoms with Gasteiger partial charge >= 0.3 is 0 Å². The van der Waals surface area contributed by atoms with Crippen LogP contribution >= 0.6 is 0 Å². The van der Waals surface area contributed by atoms with Crippen molar-refractivity contribution in [3.05, 3.63) is 11.6 Å². The third-order valence-corrected chi connectivity index (χ3v) is 9.88. The van der Waals surface area contributed by atoms with Gasteiger partial charge in [-0.15, -0.1) is 9.35 Å². The molecule has 3 fully saturated rings. The minimum Gasteiger partial charge on any atom is -0.392 e. The highest BCUT2D eigenvalue weighted by Crippen LogP contribution is 2.66. The van der Waals surface area contributed by atoms with Crippen LogP contribution in [0.1, 0.15) is 52.4 Å². The molecule has 1 aliphatic heterocycles. The zero-order valence-corrected chi connectivity index (χ0v) is 17.1. The smallest absolute Gasteiger partial charge is 0.289 e. The normalized spacial score (nSPS) is 43.6. The van der Waals surface area contributed by atoms with Crippen LogP contribution in [0.4, 0.5) is 0 Å². The first-order valence-corrected chi connectivity index (χ1v) is 11.8. The standard InChI is InChI=1S/C20H27NO6S/c1-19(2)13-5-6-20(19,15(22)9-13)10-28(25,26)27-21-17(23)14-8-11-3-4-12(7-11)16(14)18(21)24/h7,12-16,22H,3-6,8-10H2,1-2H3. The molecule has 1 N–H and O–H groups in total. The first-order chi connectivity index (χ1) is 13.1. The van der Waals surface area contributed by atoms with Gasteiger partial charge in [-0.3, -0.25) is 9.59 Å². The van der Waals surface area contributed by atoms with Gasteiger partial charge in [-0.2, -0.15) is 8.42 Å². The second-order valence-electron chi connectivity index (χ2n) is 9.98. The minimum absolute atomic E-state index is 0.00581. The number of hydrogen-bond acceptors (Lipinski definition) is 6. The van der Waals surface area contributed by atoms with Crippen LogP contribution in [0.25, 0.3) is 0 Å². The van der Waals surface area contributed by atoms with E-state index in [0.29, 0.717) is 24.3 Å². The number of rotatable bonds is 4. The molecule has 6 atom stereocenters. The molecule has 5 rings (SSSR count). The van der Waals surface area contributed by atoms with Crippen molar-refractivity contribution in [2.45, 2.75) is 58.5 Å². The topological polar surface area (TPSA) is 101 Å². The van der Waals surface area contributed by atoms with Crippen molar-refractivity contribution in [1.82, 2.24) is 5.06 Å². The Morgan fingerprint density at radius 1 is 1.25 bits per heavy atom. The van der Waals surface area contributed by atoms with Gasteiger partial charge in [0.25, 0.3) is 21.9 Å². The molecule has 8 heteroatoms. The lowest BCUT2D eigenvalue weighted by Crippen LogP contribution is -2.46. The van der Waals surface area contributed by atoms with E-state index in [1.807, 2.05) is 13.8 Å². The quantitative estimate of drug-likeness (QED) is 0.561. The fourth-order valence-electron chi connectivity index (χ4n) is 6.88. The maximum Gasteiger partial charge on any atom is 0.289 e. The summed E-state index contributed by atoms with van der Waals surface area (Å²) in [5.41, 5.74) is 0.0575. The van der Waals surface area contributed by atoms with Crippen molar-refractivity contribution < 1.29 is 27.4 Å². The lowest BCUT2D eigenvalue weighted by atomic mass is 9.70. The first-order valence-electron chi connectivity index (χ1n) is 10.2. The third kappa shape index (κ3) is 2.31. The van der Waals surface area contributed by atoms with Crippen LogP contribution in [0, 0.1) is 34.5 Å². The lowest BCUT2D eigenvalue weighted by Gasteiger charge is -2.39. The Balaban J connectivity index is 1.38. The fraction of sp³-hybridized carbons (Fsp3) is 0.800. The maximum absolute atomic E-state index is 12.9. The van der Waals surface area contributed by atoms with E-state index in [1.54, 1.807) is 0 Å². The number of hydrogen-bond donors (Lipinski definition) is 1. The van der Waals surface area contributed by atoms with Gasteiger partial charge in [0.15, 0.2) is 0 Å². The van der Waals surface area contributed by atoms with Crippen molar-refractivity contribution in [3.63, 3.8) is 0 Å². The number of aliphatic hydroxyl groups is 1. The van der Waals surface area contributed by atoms with Crippen molar-refractivity contribution in [3.8, 4) is 0 Å². The van der Waals surface area contributed by atoms with E-state index < -0.39 is 45.3 Å². The summed E-state index contributed by atoms with van der Waals surface area (Å²) in [5, 5.41) is 11.1. The van der Waals surface area contributed by atoms with Gasteiger partial charge in [0, 0.05) is 5.41 Å². The molecule has 0 spiro atoms. The van der Waals surface area contributed by atoms with Crippen molar-refractivity contribution in [2.24, 2.45) is 34.5 Å². The van der Waals surface area contributed by atoms with Gasteiger partial charge in [-0.25, -0.2) is 0 Å². The van der Waals surface area contributed by atoms with Gasteiger partial charge < -0.3 is 5.11 Å². The molecule has 28 heavy (non-hydrogen) atoms. The lowest BCUT2D eigenvalue weighted by molar-refractivity contribution is -0.166. The Labute approximate surface area is 165 Å². The summed E-state index contributed by atoms with van der Waals surface area (Å²) < 4.78 is 31.0. The van der Waals surface area contributed by atoms with Crippen LogP contribution in [-0.4, -0.2) is 42.3 Å². The molecule has 0 aromatic heterocycles. The van der Waals surface area contributed by atoms with Gasteiger partial charge in [0.1, 0.15) is 0 Å². The average molecular weight is 410 g/mol. The van der Waals surface area contributed by atoms with E-state index in [2.05, 4.69) is 6.08 Å². The monoisotopic (exact) mass is 409 g/mol. The molecule has 1 saturated heterocycles. The van der Waals surface area contributed by atoms with Crippen LogP contribution in [0.2, 0.25) is 0 Å². The molecular formula is C20H27NO6S. The minimum atomic E-state index is -4.21. The molecule has 1 heterocycles. The van der Waals surface area contributed by atoms with Gasteiger partial charge in [-0.05, 0) is 55.8 Å². The Morgan fingerprint density at radius 2 is 2.00 bits per heavy atom. The largest absolute Gasteiger partial charge is 0.392 e. The Hall–Kier alpha value is -1.25. The summed E-state index contributed by atoms with van der Waals surface area (Å²) in [6.07, 6.45) is 5.69. The molecule has 2 amide bonds. The summed E-state index contributed by atoms with van der Waals surface area (Å²) in [7, 11) is -4.21. The van der Waals surface area contributed by atoms with Gasteiger partial charge in [-0.1, -0.05) is 25.5 Å². The zero-order valence-electron chi connectivity index (χ0n) is 16.3. The summed E-state index contributed by atoms with van der Waals surface area (Å²) in [6, 6.07) is 0. The Kier molecular flexibility index (Phi) is 3.80. The number of aliphatic hydroxyl groups excluding tert-OH is 1. The first kappa shape index (κ1) is 18.8. The molecule has 154 valence electrons. The van der Waals surface area contributed by atoms with Crippen LogP contribution in [0.5, 0.6) is 0 Å². The van der Waals surface area contributed by atoms with E-state index in [9.17, 15) is 23.1 Å². The molecule has 4 bridgehead atoms. The molecular weight excluding hydrogens is 382 g/mol. The van der Waals surface area contributed by atoms with Gasteiger partial charge in [0.2, 0.25) is 0 Å². The predicted molar refractivity (Wildman–Crippen MR) is 98.7 cm³/mol. The van der Waals surface area contributed by atoms with Crippen molar-refractivity contribution >= 4 is 21.9 Å². The maximum atomic E-state index is 12.9. The summed E-state index contributed by atoms with van der Waals surface area (Å²) in [6.45, 7) is 4.00. The second-order valence-corrected chi connectivity index (χ2v) is 11.5. The third-order valence-electron chi connectivity index (χ3n) is 8.64. The SMILES string of the molecule is CC1(C)C2CCC1(CS(=O)(=O)ON1C(=O)C3CC4=CC(CC4)C3C1=O)C(O)C2. The number of fused-ring (bicyclic) bond motifs is 5. The number of allylic oxidation sites excluding steroid dienone is 2. The van der Waals surface area contributed by atoms with E-state index in [0.717, 1.165) is 19.3 Å². The van der Waals surface area contributed by atoms with E-state index >= 15 is 0 Å². The number of carbonyl (C=O) groups is 2. The number of hydroxylamine groups is 2. The number of amides is 2. The molecule has 0 aromatic rings. The highest BCUT2D eigenvalue weighted by Gasteiger charge is 2.65. The number of nitrogens with zero attached hydrogens (tertiary/aromatic N) is 1. The second kappa shape index (κ2) is 5.67. The highest BCUT2D eigenvalue weighted by atomic mass is 32.2. The fourth-order valence-corrected chi connectivity index (χ4v) is 8.65. The summed E-state index contributed by atoms with van der Waals surface area (Å²) in [5.74, 6) is -2.17. The average Bonchev–Trinajstić information content (AvgIpc) is 3.23. The van der Waals surface area contributed by atoms with E-state index in [1.165, 1.54) is 5.57 Å².